The first-order valence-electron chi connectivity index (χ1n) is 18.9. The Morgan fingerprint density at radius 1 is 0.782 bits per heavy atom. The highest BCUT2D eigenvalue weighted by Gasteiger charge is 2.32. The first-order valence-corrected chi connectivity index (χ1v) is 18.9. The molecule has 10 heteroatoms. The minimum Gasteiger partial charge on any atom is -0.492 e. The van der Waals surface area contributed by atoms with Gasteiger partial charge < -0.3 is 33.6 Å². The molecule has 55 heavy (non-hydrogen) atoms. The van der Waals surface area contributed by atoms with Crippen LogP contribution in [0.2, 0.25) is 0 Å². The van der Waals surface area contributed by atoms with E-state index in [1.807, 2.05) is 97.0 Å². The summed E-state index contributed by atoms with van der Waals surface area (Å²) in [6.45, 7) is 6.65. The molecule has 1 atom stereocenters. The Kier molecular flexibility index (Phi) is 10.8. The van der Waals surface area contributed by atoms with Crippen molar-refractivity contribution in [2.45, 2.75) is 45.8 Å². The van der Waals surface area contributed by atoms with E-state index in [1.165, 1.54) is 5.56 Å². The molecule has 7 rings (SSSR count). The van der Waals surface area contributed by atoms with E-state index in [1.54, 1.807) is 41.1 Å². The average molecular weight is 740 g/mol. The Hall–Kier alpha value is -5.87. The fourth-order valence-electron chi connectivity index (χ4n) is 7.50. The van der Waals surface area contributed by atoms with Gasteiger partial charge in [-0.1, -0.05) is 42.5 Å². The summed E-state index contributed by atoms with van der Waals surface area (Å²) in [6, 6.07) is 30.9. The molecular formula is C45H49N5O5. The van der Waals surface area contributed by atoms with Crippen LogP contribution in [-0.2, 0) is 33.0 Å². The maximum atomic E-state index is 14.8. The molecular weight excluding hydrogens is 691 g/mol. The smallest absolute Gasteiger partial charge is 0.415 e. The summed E-state index contributed by atoms with van der Waals surface area (Å²) in [5.41, 5.74) is 8.63. The lowest BCUT2D eigenvalue weighted by atomic mass is 9.90. The van der Waals surface area contributed by atoms with Crippen LogP contribution in [0.4, 0.5) is 10.5 Å². The number of nitrogens with zero attached hydrogens (tertiary/aromatic N) is 5. The zero-order valence-electron chi connectivity index (χ0n) is 32.5. The maximum Gasteiger partial charge on any atom is 0.415 e. The summed E-state index contributed by atoms with van der Waals surface area (Å²) >= 11 is 0. The molecule has 0 N–H and O–H groups in total. The third kappa shape index (κ3) is 7.86. The van der Waals surface area contributed by atoms with Crippen molar-refractivity contribution in [2.75, 3.05) is 45.7 Å². The van der Waals surface area contributed by atoms with Crippen molar-refractivity contribution in [1.29, 1.82) is 0 Å². The first-order chi connectivity index (χ1) is 26.5. The monoisotopic (exact) mass is 739 g/mol. The summed E-state index contributed by atoms with van der Waals surface area (Å²) in [6.07, 6.45) is 0.900. The number of carbonyl (C=O) groups excluding carboxylic acids is 3. The van der Waals surface area contributed by atoms with Crippen LogP contribution in [0.3, 0.4) is 0 Å². The molecule has 3 amide bonds. The molecule has 2 aliphatic rings. The largest absolute Gasteiger partial charge is 0.492 e. The summed E-state index contributed by atoms with van der Waals surface area (Å²) < 4.78 is 13.6. The van der Waals surface area contributed by atoms with Crippen molar-refractivity contribution in [2.24, 2.45) is 7.05 Å². The van der Waals surface area contributed by atoms with Gasteiger partial charge in [0.25, 0.3) is 11.8 Å². The number of amides is 3. The SMILES string of the molecule is Cc1c(C(=O)N(C)c2ccccc2)cc(-c2cc3c(cc2C(=O)N2Cc4ccccc4C[C@H]2C)CN(C(=O)Oc2ccc(OCCN(C)C)cc2)CC3)n1C. The molecule has 0 radical (unpaired) electrons. The highest BCUT2D eigenvalue weighted by Crippen LogP contribution is 2.36. The van der Waals surface area contributed by atoms with E-state index in [2.05, 4.69) is 25.1 Å². The molecule has 5 aromatic rings. The van der Waals surface area contributed by atoms with Crippen molar-refractivity contribution in [3.63, 3.8) is 0 Å². The van der Waals surface area contributed by atoms with Crippen LogP contribution in [0.1, 0.15) is 55.6 Å². The van der Waals surface area contributed by atoms with Crippen molar-refractivity contribution in [3.05, 3.63) is 136 Å². The van der Waals surface area contributed by atoms with E-state index in [0.29, 0.717) is 55.3 Å². The lowest BCUT2D eigenvalue weighted by molar-refractivity contribution is 0.0658. The lowest BCUT2D eigenvalue weighted by Crippen LogP contribution is -2.43. The Morgan fingerprint density at radius 2 is 1.47 bits per heavy atom. The highest BCUT2D eigenvalue weighted by atomic mass is 16.6. The Bertz CT molecular complexity index is 2210. The molecule has 284 valence electrons. The number of fused-ring (bicyclic) bond motifs is 2. The van der Waals surface area contributed by atoms with Gasteiger partial charge in [-0.2, -0.15) is 0 Å². The van der Waals surface area contributed by atoms with Crippen LogP contribution >= 0.6 is 0 Å². The van der Waals surface area contributed by atoms with Crippen LogP contribution in [0.15, 0.2) is 97.1 Å². The van der Waals surface area contributed by atoms with Crippen LogP contribution in [-0.4, -0.2) is 84.1 Å². The fourth-order valence-corrected chi connectivity index (χ4v) is 7.50. The topological polar surface area (TPSA) is 87.6 Å². The molecule has 4 aromatic carbocycles. The van der Waals surface area contributed by atoms with Crippen LogP contribution in [0.25, 0.3) is 11.3 Å². The summed E-state index contributed by atoms with van der Waals surface area (Å²) in [5, 5.41) is 0. The number of ether oxygens (including phenoxy) is 2. The van der Waals surface area contributed by atoms with Crippen LogP contribution in [0.5, 0.6) is 11.5 Å². The predicted octanol–water partition coefficient (Wildman–Crippen LogP) is 7.36. The number of para-hydroxylation sites is 1. The number of aromatic nitrogens is 1. The molecule has 0 unspecified atom stereocenters. The zero-order chi connectivity index (χ0) is 38.8. The molecule has 0 saturated heterocycles. The molecule has 10 nitrogen and oxygen atoms in total. The minimum atomic E-state index is -0.450. The number of hydrogen-bond donors (Lipinski definition) is 0. The standard InChI is InChI=1S/C45H49N5O5/c1-30-24-32-12-10-11-13-34(32)29-50(30)44(52)41-26-35-28-49(45(53)55-38-18-16-37(17-19-38)54-23-22-46(3)4)21-20-33(35)25-40(41)42-27-39(31(2)47(42)5)43(51)48(6)36-14-8-7-9-15-36/h7-19,25-27,30H,20-24,28-29H2,1-6H3/t30-/m1/s1. The van der Waals surface area contributed by atoms with Crippen molar-refractivity contribution in [1.82, 2.24) is 19.3 Å². The third-order valence-electron chi connectivity index (χ3n) is 10.9. The van der Waals surface area contributed by atoms with E-state index in [-0.39, 0.29) is 17.9 Å². The Labute approximate surface area is 323 Å². The van der Waals surface area contributed by atoms with Crippen molar-refractivity contribution < 1.29 is 23.9 Å². The molecule has 3 heterocycles. The fraction of sp³-hybridized carbons (Fsp3) is 0.311. The van der Waals surface area contributed by atoms with Crippen LogP contribution < -0.4 is 14.4 Å². The van der Waals surface area contributed by atoms with Gasteiger partial charge in [0.2, 0.25) is 0 Å². The Balaban J connectivity index is 1.19. The van der Waals surface area contributed by atoms with E-state index < -0.39 is 6.09 Å². The van der Waals surface area contributed by atoms with E-state index >= 15 is 0 Å². The van der Waals surface area contributed by atoms with Gasteiger partial charge in [-0.05, 0) is 118 Å². The van der Waals surface area contributed by atoms with Crippen LogP contribution in [0, 0.1) is 6.92 Å². The number of likely N-dealkylation sites (N-methyl/N-ethyl adjacent to an activating group) is 1. The van der Waals surface area contributed by atoms with E-state index in [9.17, 15) is 14.4 Å². The van der Waals surface area contributed by atoms with Gasteiger partial charge in [0.1, 0.15) is 18.1 Å². The number of anilines is 1. The van der Waals surface area contributed by atoms with Crippen molar-refractivity contribution >= 4 is 23.6 Å². The lowest BCUT2D eigenvalue weighted by Gasteiger charge is -2.36. The molecule has 0 saturated carbocycles. The van der Waals surface area contributed by atoms with E-state index in [0.717, 1.165) is 52.3 Å². The second-order valence-electron chi connectivity index (χ2n) is 14.9. The van der Waals surface area contributed by atoms with Gasteiger partial charge in [0, 0.05) is 74.5 Å². The van der Waals surface area contributed by atoms with Gasteiger partial charge in [0.15, 0.2) is 0 Å². The molecule has 0 aliphatic carbocycles. The first kappa shape index (κ1) is 37.4. The summed E-state index contributed by atoms with van der Waals surface area (Å²) in [5.74, 6) is 0.934. The number of benzene rings is 4. The zero-order valence-corrected chi connectivity index (χ0v) is 32.5. The second-order valence-corrected chi connectivity index (χ2v) is 14.9. The molecule has 1 aromatic heterocycles. The summed E-state index contributed by atoms with van der Waals surface area (Å²) in [4.78, 5) is 49.6. The molecule has 0 fully saturated rings. The van der Waals surface area contributed by atoms with Crippen molar-refractivity contribution in [3.8, 4) is 22.8 Å². The molecule has 0 spiro atoms. The second kappa shape index (κ2) is 15.8. The van der Waals surface area contributed by atoms with E-state index in [4.69, 9.17) is 9.47 Å². The van der Waals surface area contributed by atoms with Gasteiger partial charge in [0.05, 0.1) is 5.56 Å². The van der Waals surface area contributed by atoms with Gasteiger partial charge in [-0.3, -0.25) is 9.59 Å². The molecule has 0 bridgehead atoms. The Morgan fingerprint density at radius 3 is 2.20 bits per heavy atom. The van der Waals surface area contributed by atoms with Gasteiger partial charge >= 0.3 is 6.09 Å². The number of carbonyl (C=O) groups is 3. The molecule has 2 aliphatic heterocycles. The minimum absolute atomic E-state index is 0.0191. The normalized spacial score (nSPS) is 15.0. The quantitative estimate of drug-likeness (QED) is 0.157. The van der Waals surface area contributed by atoms with Gasteiger partial charge in [-0.15, -0.1) is 0 Å². The predicted molar refractivity (Wildman–Crippen MR) is 215 cm³/mol. The van der Waals surface area contributed by atoms with Gasteiger partial charge in [-0.25, -0.2) is 4.79 Å². The average Bonchev–Trinajstić information content (AvgIpc) is 3.49. The number of hydrogen-bond acceptors (Lipinski definition) is 6. The summed E-state index contributed by atoms with van der Waals surface area (Å²) in [7, 11) is 7.71. The number of rotatable bonds is 9. The highest BCUT2D eigenvalue weighted by molar-refractivity contribution is 6.08. The maximum absolute atomic E-state index is 14.8. The third-order valence-corrected chi connectivity index (χ3v) is 10.9.